The van der Waals surface area contributed by atoms with Crippen molar-refractivity contribution in [3.63, 3.8) is 0 Å². The molecular formula is C5BrCo2FeN5. The largest absolute Gasteiger partial charge is 2.00 e. The molecular weight excluding hydrogens is 384 g/mol. The van der Waals surface area contributed by atoms with Gasteiger partial charge in [0, 0.05) is 0 Å². The van der Waals surface area contributed by atoms with Crippen LogP contribution in [0.3, 0.4) is 0 Å². The number of nitrogens with zero attached hydrogens (tertiary/aromatic N) is 5. The van der Waals surface area contributed by atoms with E-state index in [2.05, 4.69) is 14.1 Å². The minimum absolute atomic E-state index is 0. The maximum Gasteiger partial charge on any atom is 2.00 e. The predicted molar refractivity (Wildman–Crippen MR) is 37.0 cm³/mol. The Hall–Kier alpha value is -0.538. The second-order valence-electron chi connectivity index (χ2n) is 1.61. The van der Waals surface area contributed by atoms with Gasteiger partial charge in [-0.05, 0) is 0 Å². The molecule has 14 heavy (non-hydrogen) atoms. The third-order valence-electron chi connectivity index (χ3n) is 0.940. The van der Waals surface area contributed by atoms with Crippen molar-refractivity contribution in [3.05, 3.63) is 0 Å². The van der Waals surface area contributed by atoms with Gasteiger partial charge in [-0.25, -0.2) is 0 Å². The van der Waals surface area contributed by atoms with Crippen molar-refractivity contribution in [3.8, 4) is 24.8 Å². The molecule has 0 amide bonds. The summed E-state index contributed by atoms with van der Waals surface area (Å²) in [4.78, 5) is 6.11. The van der Waals surface area contributed by atoms with Gasteiger partial charge >= 0.3 is 108 Å². The van der Waals surface area contributed by atoms with E-state index in [0.29, 0.717) is 0 Å². The Bertz CT molecular complexity index is 360. The van der Waals surface area contributed by atoms with Gasteiger partial charge in [0.15, 0.2) is 0 Å². The number of rotatable bonds is 0. The van der Waals surface area contributed by atoms with E-state index in [1.165, 1.54) is 24.8 Å². The van der Waals surface area contributed by atoms with Crippen LogP contribution >= 0.6 is 14.1 Å². The first kappa shape index (κ1) is 19.1. The molecule has 2 radical (unpaired) electrons. The maximum atomic E-state index is 8.56. The van der Waals surface area contributed by atoms with Crippen molar-refractivity contribution in [2.24, 2.45) is 0 Å². The fourth-order valence-corrected chi connectivity index (χ4v) is 0.729. The van der Waals surface area contributed by atoms with Gasteiger partial charge in [0.25, 0.3) is 0 Å². The second-order valence-corrected chi connectivity index (χ2v) is 12.4. The number of hydrogen-bond acceptors (Lipinski definition) is 5. The Balaban J connectivity index is -0.000000605. The van der Waals surface area contributed by atoms with Gasteiger partial charge in [-0.3, -0.25) is 0 Å². The van der Waals surface area contributed by atoms with Crippen molar-refractivity contribution in [2.75, 3.05) is 0 Å². The first-order valence-electron chi connectivity index (χ1n) is 2.14. The fourth-order valence-electron chi connectivity index (χ4n) is 0.177. The molecule has 0 atom stereocenters. The molecule has 0 aromatic heterocycles. The molecule has 0 aromatic rings. The van der Waals surface area contributed by atoms with E-state index in [1.807, 2.05) is 0 Å². The van der Waals surface area contributed by atoms with Crippen molar-refractivity contribution in [2.45, 2.75) is 0 Å². The Morgan fingerprint density at radius 2 is 0.786 bits per heavy atom. The number of hydrogen-bond donors (Lipinski definition) is 0. The van der Waals surface area contributed by atoms with E-state index in [-0.39, 0.29) is 33.6 Å². The monoisotopic (exact) mass is 383 g/mol. The molecule has 0 aliphatic heterocycles. The van der Waals surface area contributed by atoms with Gasteiger partial charge in [-0.1, -0.05) is 0 Å². The summed E-state index contributed by atoms with van der Waals surface area (Å²) in [5, 5.41) is 42.8. The number of halogens is 1. The zero-order valence-corrected chi connectivity index (χ0v) is 10.9. The van der Waals surface area contributed by atoms with E-state index >= 15 is 0 Å². The predicted octanol–water partition coefficient (Wildman–Crippen LogP) is 0.922. The van der Waals surface area contributed by atoms with Gasteiger partial charge in [-0.15, -0.1) is 0 Å². The summed E-state index contributed by atoms with van der Waals surface area (Å²) < 4.78 is 0. The van der Waals surface area contributed by atoms with E-state index in [4.69, 9.17) is 26.3 Å². The molecule has 0 saturated heterocycles. The molecule has 0 aliphatic rings. The van der Waals surface area contributed by atoms with Crippen LogP contribution < -0.4 is 0 Å². The summed E-state index contributed by atoms with van der Waals surface area (Å²) in [6.07, 6.45) is 0. The smallest absolute Gasteiger partial charge is 2.00 e. The second kappa shape index (κ2) is 4.32. The summed E-state index contributed by atoms with van der Waals surface area (Å²) in [6, 6.07) is 0. The zero-order chi connectivity index (χ0) is 9.94. The van der Waals surface area contributed by atoms with Gasteiger partial charge in [0.2, 0.25) is 0 Å². The normalized spacial score (nSPS) is 12.3. The van der Waals surface area contributed by atoms with E-state index in [1.54, 1.807) is 0 Å². The van der Waals surface area contributed by atoms with Crippen LogP contribution in [0.5, 0.6) is 0 Å². The summed E-state index contributed by atoms with van der Waals surface area (Å²) in [7, 11) is -5.62. The van der Waals surface area contributed by atoms with Crippen LogP contribution in [-0.4, -0.2) is 0 Å². The minimum Gasteiger partial charge on any atom is 2.00 e. The van der Waals surface area contributed by atoms with Crippen LogP contribution in [0.25, 0.3) is 0 Å². The minimum atomic E-state index is -5.62. The molecule has 0 heterocycles. The summed E-state index contributed by atoms with van der Waals surface area (Å²) in [6.45, 7) is 0. The molecule has 5 nitrogen and oxygen atoms in total. The average molecular weight is 384 g/mol. The molecule has 0 N–H and O–H groups in total. The average Bonchev–Trinajstić information content (AvgIpc) is 2.19. The van der Waals surface area contributed by atoms with Crippen LogP contribution in [-0.2, 0) is 42.5 Å². The Morgan fingerprint density at radius 1 is 0.643 bits per heavy atom. The quantitative estimate of drug-likeness (QED) is 0.576. The van der Waals surface area contributed by atoms with Crippen molar-refractivity contribution < 1.29 is 42.5 Å². The van der Waals surface area contributed by atoms with E-state index in [9.17, 15) is 0 Å². The Morgan fingerprint density at radius 3 is 0.786 bits per heavy atom. The van der Waals surface area contributed by atoms with Crippen LogP contribution in [0, 0.1) is 51.1 Å². The summed E-state index contributed by atoms with van der Waals surface area (Å²) >= 11 is 2.44. The van der Waals surface area contributed by atoms with Crippen LogP contribution in [0.4, 0.5) is 0 Å². The third-order valence-corrected chi connectivity index (χ3v) is 6.46. The van der Waals surface area contributed by atoms with Crippen molar-refractivity contribution >= 4 is 14.1 Å². The zero-order valence-electron chi connectivity index (χ0n) is 6.13. The molecule has 0 unspecified atom stereocenters. The topological polar surface area (TPSA) is 119 Å². The van der Waals surface area contributed by atoms with Gasteiger partial charge < -0.3 is 0 Å². The molecule has 0 aliphatic carbocycles. The van der Waals surface area contributed by atoms with Gasteiger partial charge in [-0.2, -0.15) is 0 Å². The van der Waals surface area contributed by atoms with Crippen LogP contribution in [0.1, 0.15) is 0 Å². The Labute approximate surface area is 107 Å². The fraction of sp³-hybridized carbons (Fsp3) is 0. The summed E-state index contributed by atoms with van der Waals surface area (Å²) in [5.41, 5.74) is 0. The maximum absolute atomic E-state index is 8.56. The summed E-state index contributed by atoms with van der Waals surface area (Å²) in [5.74, 6) is 0. The van der Waals surface area contributed by atoms with Crippen molar-refractivity contribution in [1.29, 1.82) is 26.3 Å². The van der Waals surface area contributed by atoms with Crippen LogP contribution in [0.15, 0.2) is 0 Å². The van der Waals surface area contributed by atoms with E-state index in [0.717, 1.165) is 0 Å². The SMILES string of the molecule is N#[C][Fe-4]([Br])([C]#N)([C]#N)([C]#N)[C]#N.[Co+2].[Co+2]. The molecule has 0 aromatic carbocycles. The third kappa shape index (κ3) is 2.10. The molecule has 0 fully saturated rings. The standard InChI is InChI=1S/5CN.BrH.2Co.Fe/c5*1-2;;;;/h;;;;;1H;;;/q;;;;;;2*+2;-3/p-1. The van der Waals surface area contributed by atoms with Crippen LogP contribution in [0.2, 0.25) is 0 Å². The molecule has 0 bridgehead atoms. The first-order chi connectivity index (χ1) is 5.39. The van der Waals surface area contributed by atoms with Crippen molar-refractivity contribution in [1.82, 2.24) is 0 Å². The molecule has 0 spiro atoms. The van der Waals surface area contributed by atoms with Gasteiger partial charge in [0.05, 0.1) is 0 Å². The molecule has 0 saturated carbocycles. The molecule has 9 heteroatoms. The van der Waals surface area contributed by atoms with Gasteiger partial charge in [0.1, 0.15) is 0 Å². The van der Waals surface area contributed by atoms with E-state index < -0.39 is 8.93 Å². The first-order valence-corrected chi connectivity index (χ1v) is 7.63. The number of nitriles is 5. The molecule has 0 rings (SSSR count). The molecule has 78 valence electrons. The Kier molecular flexibility index (Phi) is 5.90.